The molecule has 0 aliphatic carbocycles. The molecule has 0 amide bonds. The second-order valence-electron chi connectivity index (χ2n) is 2.52. The summed E-state index contributed by atoms with van der Waals surface area (Å²) >= 11 is 3.29. The number of aliphatic hydroxyl groups excluding tert-OH is 1. The van der Waals surface area contributed by atoms with Gasteiger partial charge < -0.3 is 5.11 Å². The number of nitrogens with zero attached hydrogens (tertiary/aromatic N) is 1. The van der Waals surface area contributed by atoms with Gasteiger partial charge in [-0.05, 0) is 30.7 Å². The quantitative estimate of drug-likeness (QED) is 0.798. The first-order chi connectivity index (χ1) is 5.65. The van der Waals surface area contributed by atoms with Crippen LogP contribution in [0.2, 0.25) is 0 Å². The number of hydrogen-bond acceptors (Lipinski definition) is 2. The van der Waals surface area contributed by atoms with Crippen LogP contribution in [-0.4, -0.2) is 5.11 Å². The van der Waals surface area contributed by atoms with Gasteiger partial charge in [-0.1, -0.05) is 15.9 Å². The summed E-state index contributed by atoms with van der Waals surface area (Å²) in [6.45, 7) is 1.67. The van der Waals surface area contributed by atoms with Crippen molar-refractivity contribution >= 4 is 15.9 Å². The Hall–Kier alpha value is -0.850. The van der Waals surface area contributed by atoms with Crippen LogP contribution in [0.4, 0.5) is 0 Å². The summed E-state index contributed by atoms with van der Waals surface area (Å²) in [5.74, 6) is 0. The van der Waals surface area contributed by atoms with Crippen molar-refractivity contribution in [2.45, 2.75) is 13.0 Å². The van der Waals surface area contributed by atoms with Gasteiger partial charge in [0.05, 0.1) is 17.7 Å². The van der Waals surface area contributed by atoms with E-state index in [-0.39, 0.29) is 0 Å². The van der Waals surface area contributed by atoms with E-state index in [1.165, 1.54) is 0 Å². The molecule has 1 N–H and O–H groups in total. The highest BCUT2D eigenvalue weighted by Crippen LogP contribution is 2.23. The Balaban J connectivity index is 3.19. The van der Waals surface area contributed by atoms with Crippen LogP contribution in [0.1, 0.15) is 24.2 Å². The Morgan fingerprint density at radius 2 is 2.25 bits per heavy atom. The third-order valence-electron chi connectivity index (χ3n) is 1.58. The van der Waals surface area contributed by atoms with Crippen molar-refractivity contribution in [2.24, 2.45) is 0 Å². The standard InChI is InChI=1S/C9H8BrNO/c1-6(12)8-4-7(5-11)2-3-9(8)10/h2-4,6,12H,1H3/t6-/m1/s1. The maximum absolute atomic E-state index is 9.29. The number of halogens is 1. The molecule has 62 valence electrons. The fourth-order valence-corrected chi connectivity index (χ4v) is 1.51. The average molecular weight is 226 g/mol. The molecule has 0 fully saturated rings. The third-order valence-corrected chi connectivity index (χ3v) is 2.30. The zero-order valence-corrected chi connectivity index (χ0v) is 8.17. The van der Waals surface area contributed by atoms with Crippen molar-refractivity contribution < 1.29 is 5.11 Å². The first-order valence-electron chi connectivity index (χ1n) is 3.52. The van der Waals surface area contributed by atoms with Crippen molar-refractivity contribution in [3.05, 3.63) is 33.8 Å². The zero-order valence-electron chi connectivity index (χ0n) is 6.58. The lowest BCUT2D eigenvalue weighted by Crippen LogP contribution is -1.93. The lowest BCUT2D eigenvalue weighted by Gasteiger charge is -2.06. The predicted octanol–water partition coefficient (Wildman–Crippen LogP) is 2.37. The Labute approximate surface area is 79.6 Å². The first-order valence-corrected chi connectivity index (χ1v) is 4.32. The van der Waals surface area contributed by atoms with Crippen LogP contribution in [0.3, 0.4) is 0 Å². The SMILES string of the molecule is C[C@@H](O)c1cc(C#N)ccc1Br. The Bertz CT molecular complexity index is 328. The topological polar surface area (TPSA) is 44.0 Å². The molecule has 3 heteroatoms. The molecule has 0 aliphatic heterocycles. The molecule has 0 saturated carbocycles. The van der Waals surface area contributed by atoms with Crippen molar-refractivity contribution in [3.8, 4) is 6.07 Å². The number of rotatable bonds is 1. The summed E-state index contributed by atoms with van der Waals surface area (Å²) in [6.07, 6.45) is -0.548. The molecule has 2 nitrogen and oxygen atoms in total. The fraction of sp³-hybridized carbons (Fsp3) is 0.222. The summed E-state index contributed by atoms with van der Waals surface area (Å²) in [5.41, 5.74) is 1.31. The highest BCUT2D eigenvalue weighted by molar-refractivity contribution is 9.10. The van der Waals surface area contributed by atoms with E-state index in [0.717, 1.165) is 10.0 Å². The van der Waals surface area contributed by atoms with Crippen molar-refractivity contribution in [1.29, 1.82) is 5.26 Å². The highest BCUT2D eigenvalue weighted by Gasteiger charge is 2.06. The van der Waals surface area contributed by atoms with Gasteiger partial charge in [-0.15, -0.1) is 0 Å². The van der Waals surface area contributed by atoms with Crippen LogP contribution < -0.4 is 0 Å². The third kappa shape index (κ3) is 1.84. The van der Waals surface area contributed by atoms with Crippen LogP contribution in [0, 0.1) is 11.3 Å². The molecule has 12 heavy (non-hydrogen) atoms. The van der Waals surface area contributed by atoms with Gasteiger partial charge in [0.1, 0.15) is 0 Å². The monoisotopic (exact) mass is 225 g/mol. The van der Waals surface area contributed by atoms with E-state index in [9.17, 15) is 5.11 Å². The van der Waals surface area contributed by atoms with E-state index >= 15 is 0 Å². The Morgan fingerprint density at radius 3 is 2.75 bits per heavy atom. The fourth-order valence-electron chi connectivity index (χ4n) is 0.933. The van der Waals surface area contributed by atoms with E-state index in [0.29, 0.717) is 5.56 Å². The summed E-state index contributed by atoms with van der Waals surface area (Å²) in [4.78, 5) is 0. The first kappa shape index (κ1) is 9.24. The second kappa shape index (κ2) is 3.70. The summed E-state index contributed by atoms with van der Waals surface area (Å²) in [7, 11) is 0. The second-order valence-corrected chi connectivity index (χ2v) is 3.38. The normalized spacial score (nSPS) is 12.2. The maximum atomic E-state index is 9.29. The van der Waals surface area contributed by atoms with Gasteiger partial charge in [0.15, 0.2) is 0 Å². The van der Waals surface area contributed by atoms with Crippen molar-refractivity contribution in [2.75, 3.05) is 0 Å². The van der Waals surface area contributed by atoms with Crippen molar-refractivity contribution in [3.63, 3.8) is 0 Å². The zero-order chi connectivity index (χ0) is 9.14. The molecule has 1 atom stereocenters. The Morgan fingerprint density at radius 1 is 1.58 bits per heavy atom. The van der Waals surface area contributed by atoms with Gasteiger partial charge in [0, 0.05) is 4.47 Å². The average Bonchev–Trinajstić information content (AvgIpc) is 2.05. The minimum absolute atomic E-state index is 0.548. The van der Waals surface area contributed by atoms with Gasteiger partial charge >= 0.3 is 0 Å². The van der Waals surface area contributed by atoms with E-state index in [2.05, 4.69) is 15.9 Å². The minimum atomic E-state index is -0.548. The number of nitriles is 1. The van der Waals surface area contributed by atoms with Crippen LogP contribution in [0.5, 0.6) is 0 Å². The van der Waals surface area contributed by atoms with E-state index in [1.807, 2.05) is 6.07 Å². The summed E-state index contributed by atoms with van der Waals surface area (Å²) in [5, 5.41) is 17.9. The largest absolute Gasteiger partial charge is 0.389 e. The lowest BCUT2D eigenvalue weighted by atomic mass is 10.1. The smallest absolute Gasteiger partial charge is 0.0991 e. The van der Waals surface area contributed by atoms with Crippen LogP contribution in [0.15, 0.2) is 22.7 Å². The highest BCUT2D eigenvalue weighted by atomic mass is 79.9. The summed E-state index contributed by atoms with van der Waals surface area (Å²) in [6, 6.07) is 7.16. The van der Waals surface area contributed by atoms with Crippen molar-refractivity contribution in [1.82, 2.24) is 0 Å². The van der Waals surface area contributed by atoms with Crippen LogP contribution >= 0.6 is 15.9 Å². The van der Waals surface area contributed by atoms with Gasteiger partial charge in [0.2, 0.25) is 0 Å². The van der Waals surface area contributed by atoms with Gasteiger partial charge in [-0.25, -0.2) is 0 Å². The molecule has 0 aromatic heterocycles. The van der Waals surface area contributed by atoms with Gasteiger partial charge in [0.25, 0.3) is 0 Å². The van der Waals surface area contributed by atoms with Crippen LogP contribution in [0.25, 0.3) is 0 Å². The number of hydrogen-bond donors (Lipinski definition) is 1. The van der Waals surface area contributed by atoms with Gasteiger partial charge in [-0.2, -0.15) is 5.26 Å². The lowest BCUT2D eigenvalue weighted by molar-refractivity contribution is 0.198. The number of benzene rings is 1. The molecule has 0 unspecified atom stereocenters. The Kier molecular flexibility index (Phi) is 2.85. The molecule has 0 saturated heterocycles. The number of aliphatic hydroxyl groups is 1. The maximum Gasteiger partial charge on any atom is 0.0991 e. The minimum Gasteiger partial charge on any atom is -0.389 e. The molecule has 0 bridgehead atoms. The molecule has 0 spiro atoms. The molecular weight excluding hydrogens is 218 g/mol. The molecule has 0 radical (unpaired) electrons. The molecule has 0 aliphatic rings. The van der Waals surface area contributed by atoms with E-state index in [1.54, 1.807) is 25.1 Å². The molecule has 1 aromatic rings. The molecule has 1 aromatic carbocycles. The van der Waals surface area contributed by atoms with E-state index in [4.69, 9.17) is 5.26 Å². The molecule has 1 rings (SSSR count). The van der Waals surface area contributed by atoms with Gasteiger partial charge in [-0.3, -0.25) is 0 Å². The summed E-state index contributed by atoms with van der Waals surface area (Å²) < 4.78 is 0.830. The van der Waals surface area contributed by atoms with E-state index < -0.39 is 6.10 Å². The predicted molar refractivity (Wildman–Crippen MR) is 49.5 cm³/mol. The molecule has 0 heterocycles. The molecular formula is C9H8BrNO. The van der Waals surface area contributed by atoms with Crippen LogP contribution in [-0.2, 0) is 0 Å².